The minimum Gasteiger partial charge on any atom is -0.394 e. The smallest absolute Gasteiger partial charge is 0.0895 e. The van der Waals surface area contributed by atoms with Gasteiger partial charge in [0.05, 0.1) is 12.7 Å². The largest absolute Gasteiger partial charge is 0.394 e. The van der Waals surface area contributed by atoms with E-state index >= 15 is 0 Å². The topological polar surface area (TPSA) is 52.5 Å². The van der Waals surface area contributed by atoms with E-state index in [1.807, 2.05) is 0 Å². The van der Waals surface area contributed by atoms with E-state index in [-0.39, 0.29) is 6.61 Å². The molecule has 2 unspecified atom stereocenters. The minimum absolute atomic E-state index is 0.150. The first-order valence-electron chi connectivity index (χ1n) is 14.3. The number of aliphatic hydroxyl groups is 2. The highest BCUT2D eigenvalue weighted by Crippen LogP contribution is 2.15. The van der Waals surface area contributed by atoms with Gasteiger partial charge >= 0.3 is 0 Å². The summed E-state index contributed by atoms with van der Waals surface area (Å²) in [5.74, 6) is 0. The lowest BCUT2D eigenvalue weighted by atomic mass is 10.0. The Balaban J connectivity index is 3.18. The van der Waals surface area contributed by atoms with Crippen molar-refractivity contribution < 1.29 is 10.2 Å². The van der Waals surface area contributed by atoms with Crippen molar-refractivity contribution in [1.82, 2.24) is 5.32 Å². The third-order valence-corrected chi connectivity index (χ3v) is 6.75. The first kappa shape index (κ1) is 30.9. The highest BCUT2D eigenvalue weighted by molar-refractivity contribution is 4.68. The molecule has 0 amide bonds. The standard InChI is InChI=1S/C28H59NO2/c1-3-5-6-7-8-9-10-11-12-13-14-15-16-17-18-19-20-21-22-23-24-27(4-2)29-25-28(31)26-30/h27-31H,3-26H2,1-2H3. The maximum absolute atomic E-state index is 9.43. The fourth-order valence-electron chi connectivity index (χ4n) is 4.46. The van der Waals surface area contributed by atoms with Crippen LogP contribution in [0, 0.1) is 0 Å². The lowest BCUT2D eigenvalue weighted by Crippen LogP contribution is -2.36. The van der Waals surface area contributed by atoms with Crippen LogP contribution >= 0.6 is 0 Å². The number of aliphatic hydroxyl groups excluding tert-OH is 2. The van der Waals surface area contributed by atoms with Crippen LogP contribution in [0.1, 0.15) is 155 Å². The van der Waals surface area contributed by atoms with Gasteiger partial charge in [-0.3, -0.25) is 0 Å². The van der Waals surface area contributed by atoms with Crippen molar-refractivity contribution in [2.75, 3.05) is 13.2 Å². The Morgan fingerprint density at radius 1 is 0.548 bits per heavy atom. The maximum Gasteiger partial charge on any atom is 0.0895 e. The molecule has 0 aromatic rings. The van der Waals surface area contributed by atoms with Crippen molar-refractivity contribution in [3.8, 4) is 0 Å². The molecule has 188 valence electrons. The van der Waals surface area contributed by atoms with Crippen molar-refractivity contribution in [1.29, 1.82) is 0 Å². The second-order valence-corrected chi connectivity index (χ2v) is 9.86. The summed E-state index contributed by atoms with van der Waals surface area (Å²) in [7, 11) is 0. The average Bonchev–Trinajstić information content (AvgIpc) is 2.79. The van der Waals surface area contributed by atoms with E-state index in [9.17, 15) is 5.11 Å². The predicted molar refractivity (Wildman–Crippen MR) is 138 cm³/mol. The zero-order valence-corrected chi connectivity index (χ0v) is 21.5. The molecule has 0 rings (SSSR count). The fourth-order valence-corrected chi connectivity index (χ4v) is 4.46. The Labute approximate surface area is 196 Å². The molecule has 3 N–H and O–H groups in total. The zero-order chi connectivity index (χ0) is 22.8. The van der Waals surface area contributed by atoms with Crippen LogP contribution < -0.4 is 5.32 Å². The molecule has 0 saturated carbocycles. The van der Waals surface area contributed by atoms with Gasteiger partial charge in [0.25, 0.3) is 0 Å². The van der Waals surface area contributed by atoms with E-state index < -0.39 is 6.10 Å². The maximum atomic E-state index is 9.43. The summed E-state index contributed by atoms with van der Waals surface area (Å²) in [5, 5.41) is 21.7. The molecule has 0 aliphatic rings. The molecule has 0 radical (unpaired) electrons. The molecule has 0 saturated heterocycles. The highest BCUT2D eigenvalue weighted by Gasteiger charge is 2.08. The zero-order valence-electron chi connectivity index (χ0n) is 21.5. The molecule has 0 aromatic carbocycles. The highest BCUT2D eigenvalue weighted by atomic mass is 16.3. The Bertz CT molecular complexity index is 324. The summed E-state index contributed by atoms with van der Waals surface area (Å²) >= 11 is 0. The van der Waals surface area contributed by atoms with Crippen LogP contribution in [0.2, 0.25) is 0 Å². The van der Waals surface area contributed by atoms with Gasteiger partial charge < -0.3 is 15.5 Å². The molecule has 31 heavy (non-hydrogen) atoms. The summed E-state index contributed by atoms with van der Waals surface area (Å²) in [6, 6.07) is 0.483. The Morgan fingerprint density at radius 3 is 1.23 bits per heavy atom. The molecular formula is C28H59NO2. The number of hydrogen-bond acceptors (Lipinski definition) is 3. The van der Waals surface area contributed by atoms with Gasteiger partial charge in [-0.1, -0.05) is 142 Å². The van der Waals surface area contributed by atoms with E-state index in [1.165, 1.54) is 135 Å². The second-order valence-electron chi connectivity index (χ2n) is 9.86. The first-order valence-corrected chi connectivity index (χ1v) is 14.3. The molecule has 3 heteroatoms. The molecule has 0 aromatic heterocycles. The third-order valence-electron chi connectivity index (χ3n) is 6.75. The molecule has 0 heterocycles. The molecule has 2 atom stereocenters. The van der Waals surface area contributed by atoms with Crippen LogP contribution in [-0.4, -0.2) is 35.5 Å². The number of nitrogens with one attached hydrogen (secondary N) is 1. The van der Waals surface area contributed by atoms with Crippen molar-refractivity contribution in [3.63, 3.8) is 0 Å². The van der Waals surface area contributed by atoms with E-state index in [4.69, 9.17) is 5.11 Å². The Hall–Kier alpha value is -0.120. The molecule has 0 aliphatic heterocycles. The van der Waals surface area contributed by atoms with Crippen LogP contribution in [0.5, 0.6) is 0 Å². The van der Waals surface area contributed by atoms with Gasteiger partial charge in [-0.25, -0.2) is 0 Å². The van der Waals surface area contributed by atoms with Gasteiger partial charge in [0.1, 0.15) is 0 Å². The fraction of sp³-hybridized carbons (Fsp3) is 1.00. The number of unbranched alkanes of at least 4 members (excludes halogenated alkanes) is 19. The number of hydrogen-bond donors (Lipinski definition) is 3. The van der Waals surface area contributed by atoms with Crippen LogP contribution in [0.4, 0.5) is 0 Å². The van der Waals surface area contributed by atoms with Crippen molar-refractivity contribution in [2.45, 2.75) is 167 Å². The van der Waals surface area contributed by atoms with E-state index in [0.717, 1.165) is 6.42 Å². The molecule has 0 spiro atoms. The van der Waals surface area contributed by atoms with Gasteiger partial charge in [0, 0.05) is 12.6 Å². The van der Waals surface area contributed by atoms with Crippen molar-refractivity contribution in [2.24, 2.45) is 0 Å². The molecule has 0 fully saturated rings. The molecular weight excluding hydrogens is 382 g/mol. The van der Waals surface area contributed by atoms with Gasteiger partial charge in [-0.2, -0.15) is 0 Å². The summed E-state index contributed by atoms with van der Waals surface area (Å²) in [6.45, 7) is 4.85. The monoisotopic (exact) mass is 441 g/mol. The lowest BCUT2D eigenvalue weighted by molar-refractivity contribution is 0.0913. The quantitative estimate of drug-likeness (QED) is 0.119. The Morgan fingerprint density at radius 2 is 0.903 bits per heavy atom. The number of rotatable bonds is 26. The van der Waals surface area contributed by atoms with Crippen LogP contribution in [0.25, 0.3) is 0 Å². The van der Waals surface area contributed by atoms with Crippen molar-refractivity contribution >= 4 is 0 Å². The molecule has 3 nitrogen and oxygen atoms in total. The summed E-state index contributed by atoms with van der Waals surface area (Å²) in [4.78, 5) is 0. The van der Waals surface area contributed by atoms with Gasteiger partial charge in [0.2, 0.25) is 0 Å². The van der Waals surface area contributed by atoms with E-state index in [1.54, 1.807) is 0 Å². The third kappa shape index (κ3) is 24.4. The van der Waals surface area contributed by atoms with Gasteiger partial charge in [0.15, 0.2) is 0 Å². The van der Waals surface area contributed by atoms with Crippen molar-refractivity contribution in [3.05, 3.63) is 0 Å². The Kier molecular flexibility index (Phi) is 26.0. The van der Waals surface area contributed by atoms with E-state index in [0.29, 0.717) is 12.6 Å². The molecule has 0 aliphatic carbocycles. The normalized spacial score (nSPS) is 13.5. The summed E-state index contributed by atoms with van der Waals surface area (Å²) in [5.41, 5.74) is 0. The van der Waals surface area contributed by atoms with Crippen LogP contribution in [0.3, 0.4) is 0 Å². The summed E-state index contributed by atoms with van der Waals surface area (Å²) in [6.07, 6.45) is 30.2. The molecule has 0 bridgehead atoms. The van der Waals surface area contributed by atoms with Gasteiger partial charge in [-0.15, -0.1) is 0 Å². The lowest BCUT2D eigenvalue weighted by Gasteiger charge is -2.18. The van der Waals surface area contributed by atoms with Crippen LogP contribution in [0.15, 0.2) is 0 Å². The van der Waals surface area contributed by atoms with Crippen LogP contribution in [-0.2, 0) is 0 Å². The van der Waals surface area contributed by atoms with E-state index in [2.05, 4.69) is 19.2 Å². The second kappa shape index (κ2) is 26.1. The first-order chi connectivity index (χ1) is 15.2. The average molecular weight is 442 g/mol. The predicted octanol–water partition coefficient (Wildman–Crippen LogP) is 7.92. The SMILES string of the molecule is CCCCCCCCCCCCCCCCCCCCCCC(CC)NCC(O)CO. The summed E-state index contributed by atoms with van der Waals surface area (Å²) < 4.78 is 0. The minimum atomic E-state index is -0.621. The van der Waals surface area contributed by atoms with Gasteiger partial charge in [-0.05, 0) is 12.8 Å².